The molecule has 2 amide bonds. The number of hydrogen-bond acceptors (Lipinski definition) is 3. The van der Waals surface area contributed by atoms with Crippen molar-refractivity contribution >= 4 is 12.2 Å². The van der Waals surface area contributed by atoms with Gasteiger partial charge in [0.2, 0.25) is 0 Å². The van der Waals surface area contributed by atoms with Crippen LogP contribution in [0.3, 0.4) is 0 Å². The predicted octanol–water partition coefficient (Wildman–Crippen LogP) is 0.933. The number of amides is 2. The summed E-state index contributed by atoms with van der Waals surface area (Å²) in [4.78, 5) is 10.8. The standard InChI is InChI=1S/C8H11N3O2/c1-2-9-8(12)11-10-6-7-4-3-5-13-7/h3-6H,2H2,1H3,(H2,9,11,12)/b10-6+. The van der Waals surface area contributed by atoms with Crippen LogP contribution in [0.4, 0.5) is 4.79 Å². The fourth-order valence-corrected chi connectivity index (χ4v) is 0.719. The third kappa shape index (κ3) is 3.42. The van der Waals surface area contributed by atoms with Crippen LogP contribution < -0.4 is 10.7 Å². The van der Waals surface area contributed by atoms with Gasteiger partial charge < -0.3 is 9.73 Å². The van der Waals surface area contributed by atoms with E-state index in [4.69, 9.17) is 4.42 Å². The molecule has 2 N–H and O–H groups in total. The fraction of sp³-hybridized carbons (Fsp3) is 0.250. The maximum absolute atomic E-state index is 10.8. The van der Waals surface area contributed by atoms with Crippen molar-refractivity contribution in [3.63, 3.8) is 0 Å². The maximum Gasteiger partial charge on any atom is 0.335 e. The first kappa shape index (κ1) is 9.31. The smallest absolute Gasteiger partial charge is 0.335 e. The van der Waals surface area contributed by atoms with E-state index in [1.54, 1.807) is 12.1 Å². The van der Waals surface area contributed by atoms with Gasteiger partial charge in [-0.2, -0.15) is 5.10 Å². The maximum atomic E-state index is 10.8. The molecule has 0 unspecified atom stereocenters. The van der Waals surface area contributed by atoms with Gasteiger partial charge in [-0.25, -0.2) is 10.2 Å². The summed E-state index contributed by atoms with van der Waals surface area (Å²) in [7, 11) is 0. The quantitative estimate of drug-likeness (QED) is 0.538. The molecule has 0 radical (unpaired) electrons. The van der Waals surface area contributed by atoms with Gasteiger partial charge in [-0.1, -0.05) is 0 Å². The molecule has 0 atom stereocenters. The molecule has 0 aliphatic rings. The fourth-order valence-electron chi connectivity index (χ4n) is 0.719. The van der Waals surface area contributed by atoms with Crippen molar-refractivity contribution < 1.29 is 9.21 Å². The highest BCUT2D eigenvalue weighted by molar-refractivity contribution is 5.79. The van der Waals surface area contributed by atoms with Gasteiger partial charge in [0.25, 0.3) is 0 Å². The molecule has 13 heavy (non-hydrogen) atoms. The second kappa shape index (κ2) is 4.97. The third-order valence-corrected chi connectivity index (χ3v) is 1.24. The minimum absolute atomic E-state index is 0.328. The zero-order valence-electron chi connectivity index (χ0n) is 7.28. The lowest BCUT2D eigenvalue weighted by Gasteiger charge is -1.97. The van der Waals surface area contributed by atoms with E-state index in [9.17, 15) is 4.79 Å². The summed E-state index contributed by atoms with van der Waals surface area (Å²) in [6.45, 7) is 2.40. The van der Waals surface area contributed by atoms with E-state index in [1.165, 1.54) is 12.5 Å². The van der Waals surface area contributed by atoms with E-state index >= 15 is 0 Å². The van der Waals surface area contributed by atoms with Gasteiger partial charge in [0.15, 0.2) is 0 Å². The second-order valence-electron chi connectivity index (χ2n) is 2.24. The van der Waals surface area contributed by atoms with Gasteiger partial charge in [-0.15, -0.1) is 0 Å². The number of hydrogen-bond donors (Lipinski definition) is 2. The highest BCUT2D eigenvalue weighted by Gasteiger charge is 1.93. The molecule has 1 heterocycles. The number of urea groups is 1. The van der Waals surface area contributed by atoms with Crippen LogP contribution in [-0.4, -0.2) is 18.8 Å². The van der Waals surface area contributed by atoms with Gasteiger partial charge in [0.05, 0.1) is 12.5 Å². The zero-order chi connectivity index (χ0) is 9.52. The lowest BCUT2D eigenvalue weighted by molar-refractivity contribution is 0.242. The predicted molar refractivity (Wildman–Crippen MR) is 48.5 cm³/mol. The highest BCUT2D eigenvalue weighted by atomic mass is 16.3. The molecule has 5 nitrogen and oxygen atoms in total. The largest absolute Gasteiger partial charge is 0.463 e. The normalized spacial score (nSPS) is 10.2. The number of carbonyl (C=O) groups is 1. The monoisotopic (exact) mass is 181 g/mol. The van der Waals surface area contributed by atoms with Gasteiger partial charge in [-0.3, -0.25) is 0 Å². The van der Waals surface area contributed by atoms with E-state index in [1.807, 2.05) is 6.92 Å². The van der Waals surface area contributed by atoms with Crippen LogP contribution >= 0.6 is 0 Å². The number of furan rings is 1. The highest BCUT2D eigenvalue weighted by Crippen LogP contribution is 1.94. The third-order valence-electron chi connectivity index (χ3n) is 1.24. The molecular formula is C8H11N3O2. The first-order chi connectivity index (χ1) is 6.33. The minimum Gasteiger partial charge on any atom is -0.463 e. The Morgan fingerprint density at radius 1 is 1.77 bits per heavy atom. The van der Waals surface area contributed by atoms with Crippen LogP contribution in [-0.2, 0) is 0 Å². The van der Waals surface area contributed by atoms with Crippen LogP contribution in [0.25, 0.3) is 0 Å². The summed E-state index contributed by atoms with van der Waals surface area (Å²) < 4.78 is 4.95. The Bertz CT molecular complexity index is 280. The van der Waals surface area contributed by atoms with Crippen molar-refractivity contribution in [1.29, 1.82) is 0 Å². The zero-order valence-corrected chi connectivity index (χ0v) is 7.28. The average Bonchev–Trinajstić information content (AvgIpc) is 2.57. The van der Waals surface area contributed by atoms with Crippen molar-refractivity contribution in [2.45, 2.75) is 6.92 Å². The van der Waals surface area contributed by atoms with E-state index in [-0.39, 0.29) is 6.03 Å². The van der Waals surface area contributed by atoms with E-state index in [2.05, 4.69) is 15.8 Å². The molecule has 1 aromatic heterocycles. The summed E-state index contributed by atoms with van der Waals surface area (Å²) in [6, 6.07) is 3.15. The number of nitrogens with zero attached hydrogens (tertiary/aromatic N) is 1. The molecule has 5 heteroatoms. The Morgan fingerprint density at radius 3 is 3.23 bits per heavy atom. The Hall–Kier alpha value is -1.78. The lowest BCUT2D eigenvalue weighted by Crippen LogP contribution is -2.31. The lowest BCUT2D eigenvalue weighted by atomic mass is 10.5. The topological polar surface area (TPSA) is 66.6 Å². The van der Waals surface area contributed by atoms with Crippen LogP contribution in [0.15, 0.2) is 27.9 Å². The molecule has 0 aliphatic carbocycles. The number of hydrazone groups is 1. The summed E-state index contributed by atoms with van der Waals surface area (Å²) in [5, 5.41) is 6.18. The number of carbonyl (C=O) groups excluding carboxylic acids is 1. The van der Waals surface area contributed by atoms with Crippen molar-refractivity contribution in [2.75, 3.05) is 6.54 Å². The van der Waals surface area contributed by atoms with Crippen molar-refractivity contribution in [2.24, 2.45) is 5.10 Å². The number of nitrogens with one attached hydrogen (secondary N) is 2. The van der Waals surface area contributed by atoms with Crippen LogP contribution in [0.1, 0.15) is 12.7 Å². The SMILES string of the molecule is CCNC(=O)N/N=C/c1ccco1. The summed E-state index contributed by atoms with van der Waals surface area (Å²) in [5.74, 6) is 0.594. The Labute approximate surface area is 75.8 Å². The second-order valence-corrected chi connectivity index (χ2v) is 2.24. The molecule has 0 saturated heterocycles. The summed E-state index contributed by atoms with van der Waals surface area (Å²) in [5.41, 5.74) is 2.28. The Kier molecular flexibility index (Phi) is 3.56. The van der Waals surface area contributed by atoms with Gasteiger partial charge in [0.1, 0.15) is 5.76 Å². The molecule has 0 fully saturated rings. The Balaban J connectivity index is 2.30. The first-order valence-corrected chi connectivity index (χ1v) is 3.93. The molecule has 1 rings (SSSR count). The van der Waals surface area contributed by atoms with E-state index in [0.29, 0.717) is 12.3 Å². The molecule has 70 valence electrons. The average molecular weight is 181 g/mol. The number of rotatable bonds is 3. The van der Waals surface area contributed by atoms with Crippen molar-refractivity contribution in [1.82, 2.24) is 10.7 Å². The Morgan fingerprint density at radius 2 is 2.62 bits per heavy atom. The van der Waals surface area contributed by atoms with Crippen molar-refractivity contribution in [3.8, 4) is 0 Å². The molecule has 0 aromatic carbocycles. The summed E-state index contributed by atoms with van der Waals surface area (Å²) in [6.07, 6.45) is 2.96. The van der Waals surface area contributed by atoms with Crippen LogP contribution in [0.5, 0.6) is 0 Å². The van der Waals surface area contributed by atoms with E-state index in [0.717, 1.165) is 0 Å². The van der Waals surface area contributed by atoms with Gasteiger partial charge >= 0.3 is 6.03 Å². The van der Waals surface area contributed by atoms with Crippen LogP contribution in [0, 0.1) is 0 Å². The van der Waals surface area contributed by atoms with Crippen molar-refractivity contribution in [3.05, 3.63) is 24.2 Å². The molecule has 0 spiro atoms. The van der Waals surface area contributed by atoms with Gasteiger partial charge in [-0.05, 0) is 19.1 Å². The van der Waals surface area contributed by atoms with Crippen LogP contribution in [0.2, 0.25) is 0 Å². The van der Waals surface area contributed by atoms with E-state index < -0.39 is 0 Å². The molecule has 1 aromatic rings. The minimum atomic E-state index is -0.328. The molecule has 0 bridgehead atoms. The first-order valence-electron chi connectivity index (χ1n) is 3.93. The molecule has 0 aliphatic heterocycles. The van der Waals surface area contributed by atoms with Gasteiger partial charge in [0, 0.05) is 6.54 Å². The summed E-state index contributed by atoms with van der Waals surface area (Å²) >= 11 is 0. The molecular weight excluding hydrogens is 170 g/mol. The molecule has 0 saturated carbocycles.